The van der Waals surface area contributed by atoms with E-state index < -0.39 is 0 Å². The van der Waals surface area contributed by atoms with Crippen molar-refractivity contribution in [1.29, 1.82) is 0 Å². The Balaban J connectivity index is 1.82. The molecule has 1 aromatic heterocycles. The number of hydrogen-bond donors (Lipinski definition) is 1. The van der Waals surface area contributed by atoms with Crippen molar-refractivity contribution in [2.45, 2.75) is 25.5 Å². The number of aromatic nitrogens is 2. The van der Waals surface area contributed by atoms with Gasteiger partial charge in [-0.1, -0.05) is 45.9 Å². The first-order valence-electron chi connectivity index (χ1n) is 8.18. The fraction of sp³-hybridized carbons (Fsp3) is 0.211. The number of anilines is 1. The Morgan fingerprint density at radius 1 is 1.27 bits per heavy atom. The lowest BCUT2D eigenvalue weighted by atomic mass is 10.2. The molecule has 1 amide bonds. The number of nitrogens with one attached hydrogen (secondary N) is 1. The van der Waals surface area contributed by atoms with E-state index in [0.717, 1.165) is 15.7 Å². The molecule has 5 nitrogen and oxygen atoms in total. The summed E-state index contributed by atoms with van der Waals surface area (Å²) >= 11 is 4.65. The van der Waals surface area contributed by atoms with Crippen molar-refractivity contribution >= 4 is 50.2 Å². The quantitative estimate of drug-likeness (QED) is 0.485. The van der Waals surface area contributed by atoms with Crippen LogP contribution in [-0.2, 0) is 11.3 Å². The standard InChI is InChI=1S/C19H18BrN3O2S/c1-3-23-18(25)14-10-13(20)8-9-16(14)22-19(23)26-11-17(24)21-15-7-5-4-6-12(15)2/h4-10H,3,11H2,1-2H3,(H,21,24). The molecular weight excluding hydrogens is 414 g/mol. The molecule has 0 saturated heterocycles. The monoisotopic (exact) mass is 431 g/mol. The van der Waals surface area contributed by atoms with Crippen LogP contribution in [0.15, 0.2) is 56.9 Å². The molecule has 1 heterocycles. The van der Waals surface area contributed by atoms with E-state index in [4.69, 9.17) is 0 Å². The van der Waals surface area contributed by atoms with Crippen LogP contribution < -0.4 is 10.9 Å². The first-order chi connectivity index (χ1) is 12.5. The van der Waals surface area contributed by atoms with Gasteiger partial charge in [-0.25, -0.2) is 4.98 Å². The van der Waals surface area contributed by atoms with E-state index in [9.17, 15) is 9.59 Å². The van der Waals surface area contributed by atoms with E-state index in [-0.39, 0.29) is 17.2 Å². The largest absolute Gasteiger partial charge is 0.325 e. The van der Waals surface area contributed by atoms with Gasteiger partial charge >= 0.3 is 0 Å². The molecule has 0 aliphatic carbocycles. The molecule has 3 aromatic rings. The van der Waals surface area contributed by atoms with Crippen LogP contribution in [0.3, 0.4) is 0 Å². The van der Waals surface area contributed by atoms with Crippen LogP contribution in [0.2, 0.25) is 0 Å². The fourth-order valence-electron chi connectivity index (χ4n) is 2.59. The number of benzene rings is 2. The molecule has 0 aliphatic heterocycles. The first kappa shape index (κ1) is 18.7. The van der Waals surface area contributed by atoms with Crippen molar-refractivity contribution in [2.75, 3.05) is 11.1 Å². The third-order valence-electron chi connectivity index (χ3n) is 3.95. The smallest absolute Gasteiger partial charge is 0.262 e. The molecule has 0 saturated carbocycles. The summed E-state index contributed by atoms with van der Waals surface area (Å²) in [6.07, 6.45) is 0. The van der Waals surface area contributed by atoms with Gasteiger partial charge in [0.15, 0.2) is 5.16 Å². The number of para-hydroxylation sites is 1. The molecule has 0 unspecified atom stereocenters. The number of carbonyl (C=O) groups is 1. The van der Waals surface area contributed by atoms with Crippen molar-refractivity contribution in [3.8, 4) is 0 Å². The van der Waals surface area contributed by atoms with E-state index in [1.54, 1.807) is 16.7 Å². The Kier molecular flexibility index (Phi) is 5.78. The van der Waals surface area contributed by atoms with E-state index in [2.05, 4.69) is 26.2 Å². The third-order valence-corrected chi connectivity index (χ3v) is 5.42. The number of aryl methyl sites for hydroxylation is 1. The average molecular weight is 432 g/mol. The lowest BCUT2D eigenvalue weighted by molar-refractivity contribution is -0.113. The van der Waals surface area contributed by atoms with Gasteiger partial charge in [-0.15, -0.1) is 0 Å². The number of carbonyl (C=O) groups excluding carboxylic acids is 1. The van der Waals surface area contributed by atoms with Gasteiger partial charge in [-0.05, 0) is 43.7 Å². The highest BCUT2D eigenvalue weighted by Crippen LogP contribution is 2.21. The second-order valence-electron chi connectivity index (χ2n) is 5.76. The van der Waals surface area contributed by atoms with Crippen LogP contribution in [0.1, 0.15) is 12.5 Å². The second-order valence-corrected chi connectivity index (χ2v) is 7.62. The number of hydrogen-bond acceptors (Lipinski definition) is 4. The molecule has 26 heavy (non-hydrogen) atoms. The van der Waals surface area contributed by atoms with Crippen LogP contribution in [0.5, 0.6) is 0 Å². The van der Waals surface area contributed by atoms with Crippen molar-refractivity contribution in [3.63, 3.8) is 0 Å². The normalized spacial score (nSPS) is 10.9. The maximum absolute atomic E-state index is 12.7. The first-order valence-corrected chi connectivity index (χ1v) is 9.96. The Morgan fingerprint density at radius 3 is 2.77 bits per heavy atom. The Bertz CT molecular complexity index is 1030. The minimum Gasteiger partial charge on any atom is -0.325 e. The van der Waals surface area contributed by atoms with E-state index in [1.165, 1.54) is 11.8 Å². The maximum Gasteiger partial charge on any atom is 0.262 e. The van der Waals surface area contributed by atoms with Gasteiger partial charge in [0.2, 0.25) is 5.91 Å². The molecule has 1 N–H and O–H groups in total. The van der Waals surface area contributed by atoms with Crippen molar-refractivity contribution in [1.82, 2.24) is 9.55 Å². The summed E-state index contributed by atoms with van der Waals surface area (Å²) in [5, 5.41) is 4.01. The molecular formula is C19H18BrN3O2S. The molecule has 0 spiro atoms. The second kappa shape index (κ2) is 8.05. The lowest BCUT2D eigenvalue weighted by Crippen LogP contribution is -2.23. The van der Waals surface area contributed by atoms with E-state index in [0.29, 0.717) is 22.6 Å². The predicted octanol–water partition coefficient (Wildman–Crippen LogP) is 4.22. The number of amides is 1. The number of fused-ring (bicyclic) bond motifs is 1. The SMILES string of the molecule is CCn1c(SCC(=O)Nc2ccccc2C)nc2ccc(Br)cc2c1=O. The summed E-state index contributed by atoms with van der Waals surface area (Å²) < 4.78 is 2.44. The zero-order chi connectivity index (χ0) is 18.7. The molecule has 0 radical (unpaired) electrons. The summed E-state index contributed by atoms with van der Waals surface area (Å²) in [5.74, 6) is 0.0557. The summed E-state index contributed by atoms with van der Waals surface area (Å²) in [6, 6.07) is 13.1. The minimum atomic E-state index is -0.128. The molecule has 3 rings (SSSR count). The van der Waals surface area contributed by atoms with Gasteiger partial charge in [0.05, 0.1) is 16.7 Å². The highest BCUT2D eigenvalue weighted by Gasteiger charge is 2.13. The minimum absolute atomic E-state index is 0.0967. The number of thioether (sulfide) groups is 1. The van der Waals surface area contributed by atoms with Crippen molar-refractivity contribution in [2.24, 2.45) is 0 Å². The zero-order valence-electron chi connectivity index (χ0n) is 14.5. The van der Waals surface area contributed by atoms with Gasteiger partial charge in [-0.2, -0.15) is 0 Å². The van der Waals surface area contributed by atoms with Crippen LogP contribution in [0.4, 0.5) is 5.69 Å². The highest BCUT2D eigenvalue weighted by atomic mass is 79.9. The van der Waals surface area contributed by atoms with Crippen molar-refractivity contribution in [3.05, 3.63) is 62.9 Å². The van der Waals surface area contributed by atoms with Gasteiger partial charge in [-0.3, -0.25) is 14.2 Å². The predicted molar refractivity (Wildman–Crippen MR) is 110 cm³/mol. The van der Waals surface area contributed by atoms with Crippen LogP contribution in [0, 0.1) is 6.92 Å². The number of rotatable bonds is 5. The topological polar surface area (TPSA) is 64.0 Å². The zero-order valence-corrected chi connectivity index (χ0v) is 16.9. The molecule has 134 valence electrons. The van der Waals surface area contributed by atoms with Gasteiger partial charge < -0.3 is 5.32 Å². The third kappa shape index (κ3) is 3.99. The Morgan fingerprint density at radius 2 is 2.04 bits per heavy atom. The van der Waals surface area contributed by atoms with Gasteiger partial charge in [0, 0.05) is 16.7 Å². The molecule has 2 aromatic carbocycles. The molecule has 0 aliphatic rings. The maximum atomic E-state index is 12.7. The summed E-state index contributed by atoms with van der Waals surface area (Å²) in [5.41, 5.74) is 2.33. The molecule has 0 atom stereocenters. The molecule has 7 heteroatoms. The summed E-state index contributed by atoms with van der Waals surface area (Å²) in [4.78, 5) is 29.5. The fourth-order valence-corrected chi connectivity index (χ4v) is 3.82. The Labute approximate surface area is 164 Å². The lowest BCUT2D eigenvalue weighted by Gasteiger charge is -2.12. The average Bonchev–Trinajstić information content (AvgIpc) is 2.62. The van der Waals surface area contributed by atoms with E-state index >= 15 is 0 Å². The number of nitrogens with zero attached hydrogens (tertiary/aromatic N) is 2. The van der Waals surface area contributed by atoms with Crippen LogP contribution >= 0.6 is 27.7 Å². The van der Waals surface area contributed by atoms with E-state index in [1.807, 2.05) is 44.2 Å². The van der Waals surface area contributed by atoms with Crippen LogP contribution in [-0.4, -0.2) is 21.2 Å². The summed E-state index contributed by atoms with van der Waals surface area (Å²) in [6.45, 7) is 4.33. The Hall–Kier alpha value is -2.12. The number of halogens is 1. The molecule has 0 bridgehead atoms. The molecule has 0 fully saturated rings. The van der Waals surface area contributed by atoms with Crippen molar-refractivity contribution < 1.29 is 4.79 Å². The van der Waals surface area contributed by atoms with Gasteiger partial charge in [0.25, 0.3) is 5.56 Å². The summed E-state index contributed by atoms with van der Waals surface area (Å²) in [7, 11) is 0. The highest BCUT2D eigenvalue weighted by molar-refractivity contribution is 9.10. The van der Waals surface area contributed by atoms with Crippen LogP contribution in [0.25, 0.3) is 10.9 Å². The van der Waals surface area contributed by atoms with Gasteiger partial charge in [0.1, 0.15) is 0 Å².